The van der Waals surface area contributed by atoms with Crippen LogP contribution in [0.4, 0.5) is 0 Å². The molecule has 1 unspecified atom stereocenters. The second-order valence-corrected chi connectivity index (χ2v) is 4.51. The molecule has 1 heterocycles. The highest BCUT2D eigenvalue weighted by Gasteiger charge is 2.23. The van der Waals surface area contributed by atoms with Crippen molar-refractivity contribution >= 4 is 11.9 Å². The molecule has 1 aromatic heterocycles. The smallest absolute Gasteiger partial charge is 0.333 e. The van der Waals surface area contributed by atoms with Gasteiger partial charge in [-0.25, -0.2) is 4.79 Å². The van der Waals surface area contributed by atoms with Crippen LogP contribution in [0.25, 0.3) is 0 Å². The SMILES string of the molecule is COC(=O)C(NC(=O)CCc1ccco1)c1ccccc1. The number of carbonyl (C=O) groups excluding carboxylic acids is 2. The van der Waals surface area contributed by atoms with E-state index in [2.05, 4.69) is 5.32 Å². The van der Waals surface area contributed by atoms with Crippen LogP contribution in [-0.2, 0) is 20.7 Å². The third-order valence-electron chi connectivity index (χ3n) is 3.05. The molecule has 110 valence electrons. The Morgan fingerprint density at radius 3 is 2.57 bits per heavy atom. The molecule has 5 nitrogen and oxygen atoms in total. The zero-order valence-electron chi connectivity index (χ0n) is 11.7. The van der Waals surface area contributed by atoms with Gasteiger partial charge >= 0.3 is 5.97 Å². The van der Waals surface area contributed by atoms with E-state index in [0.717, 1.165) is 5.76 Å². The standard InChI is InChI=1S/C16H17NO4/c1-20-16(19)15(12-6-3-2-4-7-12)17-14(18)10-9-13-8-5-11-21-13/h2-8,11,15H,9-10H2,1H3,(H,17,18). The fourth-order valence-corrected chi connectivity index (χ4v) is 1.97. The van der Waals surface area contributed by atoms with E-state index in [1.54, 1.807) is 36.6 Å². The van der Waals surface area contributed by atoms with Crippen molar-refractivity contribution in [3.05, 3.63) is 60.1 Å². The number of aryl methyl sites for hydroxylation is 1. The summed E-state index contributed by atoms with van der Waals surface area (Å²) in [5.41, 5.74) is 0.690. The van der Waals surface area contributed by atoms with Gasteiger partial charge in [-0.15, -0.1) is 0 Å². The summed E-state index contributed by atoms with van der Waals surface area (Å²) >= 11 is 0. The number of esters is 1. The van der Waals surface area contributed by atoms with Crippen molar-refractivity contribution in [3.8, 4) is 0 Å². The maximum Gasteiger partial charge on any atom is 0.333 e. The summed E-state index contributed by atoms with van der Waals surface area (Å²) in [6.45, 7) is 0. The second-order valence-electron chi connectivity index (χ2n) is 4.51. The number of ether oxygens (including phenoxy) is 1. The number of methoxy groups -OCH3 is 1. The van der Waals surface area contributed by atoms with Crippen LogP contribution in [0, 0.1) is 0 Å². The first kappa shape index (κ1) is 14.8. The zero-order valence-corrected chi connectivity index (χ0v) is 11.7. The average Bonchev–Trinajstić information content (AvgIpc) is 3.04. The van der Waals surface area contributed by atoms with E-state index in [1.807, 2.05) is 12.1 Å². The summed E-state index contributed by atoms with van der Waals surface area (Å²) in [7, 11) is 1.30. The molecule has 0 saturated heterocycles. The molecule has 1 atom stereocenters. The summed E-state index contributed by atoms with van der Waals surface area (Å²) in [4.78, 5) is 23.8. The topological polar surface area (TPSA) is 68.5 Å². The van der Waals surface area contributed by atoms with Gasteiger partial charge in [0, 0.05) is 12.8 Å². The third-order valence-corrected chi connectivity index (χ3v) is 3.05. The van der Waals surface area contributed by atoms with Crippen LogP contribution in [0.3, 0.4) is 0 Å². The molecule has 0 saturated carbocycles. The van der Waals surface area contributed by atoms with Crippen molar-refractivity contribution in [3.63, 3.8) is 0 Å². The van der Waals surface area contributed by atoms with E-state index in [1.165, 1.54) is 7.11 Å². The van der Waals surface area contributed by atoms with E-state index < -0.39 is 12.0 Å². The Balaban J connectivity index is 1.98. The normalized spacial score (nSPS) is 11.7. The predicted octanol–water partition coefficient (Wildman–Crippen LogP) is 2.24. The Morgan fingerprint density at radius 2 is 1.95 bits per heavy atom. The summed E-state index contributed by atoms with van der Waals surface area (Å²) in [5.74, 6) is 0.0117. The van der Waals surface area contributed by atoms with Crippen molar-refractivity contribution in [2.75, 3.05) is 7.11 Å². The van der Waals surface area contributed by atoms with Crippen LogP contribution in [0.15, 0.2) is 53.1 Å². The number of furan rings is 1. The van der Waals surface area contributed by atoms with E-state index in [9.17, 15) is 9.59 Å². The number of hydrogen-bond donors (Lipinski definition) is 1. The monoisotopic (exact) mass is 287 g/mol. The quantitative estimate of drug-likeness (QED) is 0.827. The lowest BCUT2D eigenvalue weighted by Gasteiger charge is -2.16. The van der Waals surface area contributed by atoms with Crippen LogP contribution >= 0.6 is 0 Å². The van der Waals surface area contributed by atoms with Crippen molar-refractivity contribution in [2.24, 2.45) is 0 Å². The molecule has 5 heteroatoms. The minimum Gasteiger partial charge on any atom is -0.469 e. The van der Waals surface area contributed by atoms with Crippen LogP contribution in [0.5, 0.6) is 0 Å². The molecule has 0 aliphatic heterocycles. The van der Waals surface area contributed by atoms with E-state index >= 15 is 0 Å². The molecule has 0 spiro atoms. The first-order chi connectivity index (χ1) is 10.2. The van der Waals surface area contributed by atoms with Gasteiger partial charge in [0.15, 0.2) is 6.04 Å². The molecule has 0 fully saturated rings. The molecule has 2 rings (SSSR count). The first-order valence-electron chi connectivity index (χ1n) is 6.65. The molecule has 0 aliphatic carbocycles. The van der Waals surface area contributed by atoms with Gasteiger partial charge in [0.2, 0.25) is 5.91 Å². The van der Waals surface area contributed by atoms with Gasteiger partial charge in [-0.3, -0.25) is 4.79 Å². The maximum atomic E-state index is 12.0. The van der Waals surface area contributed by atoms with Gasteiger partial charge in [-0.2, -0.15) is 0 Å². The van der Waals surface area contributed by atoms with Gasteiger partial charge in [-0.1, -0.05) is 30.3 Å². The summed E-state index contributed by atoms with van der Waals surface area (Å²) in [6.07, 6.45) is 2.30. The highest BCUT2D eigenvalue weighted by molar-refractivity contribution is 5.85. The minimum absolute atomic E-state index is 0.231. The van der Waals surface area contributed by atoms with Crippen LogP contribution in [0.1, 0.15) is 23.8 Å². The van der Waals surface area contributed by atoms with Gasteiger partial charge in [0.25, 0.3) is 0 Å². The van der Waals surface area contributed by atoms with E-state index in [0.29, 0.717) is 12.0 Å². The van der Waals surface area contributed by atoms with Crippen molar-refractivity contribution in [1.82, 2.24) is 5.32 Å². The van der Waals surface area contributed by atoms with Crippen molar-refractivity contribution < 1.29 is 18.7 Å². The van der Waals surface area contributed by atoms with E-state index in [-0.39, 0.29) is 12.3 Å². The van der Waals surface area contributed by atoms with Crippen molar-refractivity contribution in [1.29, 1.82) is 0 Å². The second kappa shape index (κ2) is 7.28. The van der Waals surface area contributed by atoms with Gasteiger partial charge < -0.3 is 14.5 Å². The summed E-state index contributed by atoms with van der Waals surface area (Å²) < 4.78 is 9.92. The molecule has 0 radical (unpaired) electrons. The number of nitrogens with one attached hydrogen (secondary N) is 1. The first-order valence-corrected chi connectivity index (χ1v) is 6.65. The molecule has 0 bridgehead atoms. The van der Waals surface area contributed by atoms with Crippen molar-refractivity contribution in [2.45, 2.75) is 18.9 Å². The third kappa shape index (κ3) is 4.21. The minimum atomic E-state index is -0.791. The average molecular weight is 287 g/mol. The molecule has 1 N–H and O–H groups in total. The molecular weight excluding hydrogens is 270 g/mol. The maximum absolute atomic E-state index is 12.0. The highest BCUT2D eigenvalue weighted by Crippen LogP contribution is 2.14. The molecule has 2 aromatic rings. The number of amides is 1. The van der Waals surface area contributed by atoms with Gasteiger partial charge in [-0.05, 0) is 17.7 Å². The summed E-state index contributed by atoms with van der Waals surface area (Å²) in [5, 5.41) is 2.69. The highest BCUT2D eigenvalue weighted by atomic mass is 16.5. The Kier molecular flexibility index (Phi) is 5.15. The largest absolute Gasteiger partial charge is 0.469 e. The predicted molar refractivity (Wildman–Crippen MR) is 76.4 cm³/mol. The number of rotatable bonds is 6. The lowest BCUT2D eigenvalue weighted by molar-refractivity contribution is -0.145. The number of benzene rings is 1. The molecule has 0 aliphatic rings. The number of carbonyl (C=O) groups is 2. The Morgan fingerprint density at radius 1 is 1.19 bits per heavy atom. The fourth-order valence-electron chi connectivity index (χ4n) is 1.97. The van der Waals surface area contributed by atoms with E-state index in [4.69, 9.17) is 9.15 Å². The van der Waals surface area contributed by atoms with Gasteiger partial charge in [0.1, 0.15) is 5.76 Å². The lowest BCUT2D eigenvalue weighted by Crippen LogP contribution is -2.34. The molecular formula is C16H17NO4. The Labute approximate surface area is 122 Å². The molecule has 1 aromatic carbocycles. The lowest BCUT2D eigenvalue weighted by atomic mass is 10.1. The molecule has 1 amide bonds. The Bertz CT molecular complexity index is 578. The van der Waals surface area contributed by atoms with Crippen LogP contribution in [-0.4, -0.2) is 19.0 Å². The van der Waals surface area contributed by atoms with Crippen LogP contribution in [0.2, 0.25) is 0 Å². The molecule has 21 heavy (non-hydrogen) atoms. The summed E-state index contributed by atoms with van der Waals surface area (Å²) in [6, 6.07) is 11.8. The number of hydrogen-bond acceptors (Lipinski definition) is 4. The zero-order chi connectivity index (χ0) is 15.1. The van der Waals surface area contributed by atoms with Crippen LogP contribution < -0.4 is 5.32 Å². The van der Waals surface area contributed by atoms with Gasteiger partial charge in [0.05, 0.1) is 13.4 Å². The fraction of sp³-hybridized carbons (Fsp3) is 0.250. The Hall–Kier alpha value is -2.56.